The van der Waals surface area contributed by atoms with Crippen LogP contribution in [0.3, 0.4) is 0 Å². The van der Waals surface area contributed by atoms with Crippen molar-refractivity contribution in [2.75, 3.05) is 17.2 Å². The average molecular weight is 376 g/mol. The van der Waals surface area contributed by atoms with Crippen LogP contribution >= 0.6 is 0 Å². The highest BCUT2D eigenvalue weighted by Crippen LogP contribution is 2.22. The van der Waals surface area contributed by atoms with E-state index in [0.29, 0.717) is 35.2 Å². The smallest absolute Gasteiger partial charge is 0.340 e. The molecule has 1 heterocycles. The van der Waals surface area contributed by atoms with E-state index in [4.69, 9.17) is 4.74 Å². The van der Waals surface area contributed by atoms with E-state index in [-0.39, 0.29) is 5.78 Å². The molecule has 7 nitrogen and oxygen atoms in total. The van der Waals surface area contributed by atoms with Crippen LogP contribution in [0.15, 0.2) is 60.8 Å². The Bertz CT molecular complexity index is 987. The van der Waals surface area contributed by atoms with E-state index < -0.39 is 5.97 Å². The highest BCUT2D eigenvalue weighted by atomic mass is 16.5. The van der Waals surface area contributed by atoms with Gasteiger partial charge in [0.1, 0.15) is 5.82 Å². The van der Waals surface area contributed by atoms with Gasteiger partial charge < -0.3 is 15.4 Å². The van der Waals surface area contributed by atoms with Crippen molar-refractivity contribution >= 4 is 34.9 Å². The predicted octanol–water partition coefficient (Wildman–Crippen LogP) is 4.34. The van der Waals surface area contributed by atoms with Crippen LogP contribution in [0.2, 0.25) is 0 Å². The van der Waals surface area contributed by atoms with Gasteiger partial charge in [-0.05, 0) is 56.3 Å². The molecule has 3 rings (SSSR count). The van der Waals surface area contributed by atoms with Crippen molar-refractivity contribution in [3.8, 4) is 0 Å². The Labute approximate surface area is 162 Å². The zero-order valence-electron chi connectivity index (χ0n) is 15.6. The Morgan fingerprint density at radius 2 is 1.75 bits per heavy atom. The van der Waals surface area contributed by atoms with E-state index >= 15 is 0 Å². The molecule has 0 aliphatic heterocycles. The third-order valence-electron chi connectivity index (χ3n) is 3.89. The highest BCUT2D eigenvalue weighted by molar-refractivity contribution is 5.96. The van der Waals surface area contributed by atoms with E-state index in [9.17, 15) is 9.59 Å². The number of carbonyl (C=O) groups excluding carboxylic acids is 2. The molecule has 0 atom stereocenters. The number of esters is 1. The summed E-state index contributed by atoms with van der Waals surface area (Å²) in [5.41, 5.74) is 2.42. The van der Waals surface area contributed by atoms with Gasteiger partial charge in [-0.25, -0.2) is 9.78 Å². The maximum absolute atomic E-state index is 12.1. The number of aromatic nitrogens is 2. The zero-order chi connectivity index (χ0) is 19.9. The molecule has 0 spiro atoms. The monoisotopic (exact) mass is 376 g/mol. The Kier molecular flexibility index (Phi) is 5.96. The average Bonchev–Trinajstić information content (AvgIpc) is 2.69. The topological polar surface area (TPSA) is 93.2 Å². The Hall–Kier alpha value is -3.74. The minimum Gasteiger partial charge on any atom is -0.462 e. The van der Waals surface area contributed by atoms with Gasteiger partial charge in [-0.1, -0.05) is 12.1 Å². The molecule has 0 radical (unpaired) electrons. The third kappa shape index (κ3) is 4.70. The van der Waals surface area contributed by atoms with Crippen LogP contribution in [0.1, 0.15) is 34.6 Å². The number of hydrogen-bond acceptors (Lipinski definition) is 7. The first-order valence-electron chi connectivity index (χ1n) is 8.81. The van der Waals surface area contributed by atoms with E-state index in [1.165, 1.54) is 6.92 Å². The third-order valence-corrected chi connectivity index (χ3v) is 3.89. The molecule has 0 saturated heterocycles. The summed E-state index contributed by atoms with van der Waals surface area (Å²) in [6.45, 7) is 3.59. The molecule has 2 N–H and O–H groups in total. The summed E-state index contributed by atoms with van der Waals surface area (Å²) in [6.07, 6.45) is 1.61. The maximum Gasteiger partial charge on any atom is 0.340 e. The molecule has 0 bridgehead atoms. The molecule has 1 aromatic heterocycles. The van der Waals surface area contributed by atoms with Crippen LogP contribution in [-0.4, -0.2) is 28.3 Å². The lowest BCUT2D eigenvalue weighted by atomic mass is 10.1. The van der Waals surface area contributed by atoms with E-state index in [2.05, 4.69) is 20.6 Å². The van der Waals surface area contributed by atoms with Gasteiger partial charge in [0.2, 0.25) is 5.95 Å². The molecule has 0 fully saturated rings. The lowest BCUT2D eigenvalue weighted by Gasteiger charge is -2.11. The van der Waals surface area contributed by atoms with Crippen LogP contribution in [-0.2, 0) is 4.74 Å². The molecule has 0 saturated carbocycles. The highest BCUT2D eigenvalue weighted by Gasteiger charge is 2.12. The summed E-state index contributed by atoms with van der Waals surface area (Å²) in [7, 11) is 0. The minimum absolute atomic E-state index is 0.00858. The van der Waals surface area contributed by atoms with Crippen molar-refractivity contribution in [2.45, 2.75) is 13.8 Å². The van der Waals surface area contributed by atoms with Gasteiger partial charge in [0, 0.05) is 17.4 Å². The molecule has 142 valence electrons. The van der Waals surface area contributed by atoms with Gasteiger partial charge in [0.15, 0.2) is 5.78 Å². The van der Waals surface area contributed by atoms with Crippen molar-refractivity contribution in [3.05, 3.63) is 71.9 Å². The summed E-state index contributed by atoms with van der Waals surface area (Å²) in [6, 6.07) is 15.8. The molecule has 0 amide bonds. The molecular formula is C21H20N4O3. The molecule has 7 heteroatoms. The van der Waals surface area contributed by atoms with Gasteiger partial charge in [-0.15, -0.1) is 0 Å². The Balaban J connectivity index is 1.77. The minimum atomic E-state index is -0.399. The summed E-state index contributed by atoms with van der Waals surface area (Å²) in [5, 5.41) is 6.21. The lowest BCUT2D eigenvalue weighted by Crippen LogP contribution is -2.08. The SMILES string of the molecule is CCOC(=O)c1ccccc1Nc1ccnc(Nc2ccc(C(C)=O)cc2)n1. The number of carbonyl (C=O) groups is 2. The van der Waals surface area contributed by atoms with E-state index in [1.807, 2.05) is 6.07 Å². The van der Waals surface area contributed by atoms with E-state index in [1.54, 1.807) is 61.7 Å². The summed E-state index contributed by atoms with van der Waals surface area (Å²) in [4.78, 5) is 32.1. The second-order valence-corrected chi connectivity index (χ2v) is 5.92. The second kappa shape index (κ2) is 8.77. The standard InChI is InChI=1S/C21H20N4O3/c1-3-28-20(27)17-6-4-5-7-18(17)24-19-12-13-22-21(25-19)23-16-10-8-15(9-11-16)14(2)26/h4-13H,3H2,1-2H3,(H2,22,23,24,25). The predicted molar refractivity (Wildman–Crippen MR) is 107 cm³/mol. The summed E-state index contributed by atoms with van der Waals surface area (Å²) >= 11 is 0. The zero-order valence-corrected chi connectivity index (χ0v) is 15.6. The molecular weight excluding hydrogens is 356 g/mol. The van der Waals surface area contributed by atoms with Crippen LogP contribution < -0.4 is 10.6 Å². The fraction of sp³-hybridized carbons (Fsp3) is 0.143. The molecule has 28 heavy (non-hydrogen) atoms. The van der Waals surface area contributed by atoms with Gasteiger partial charge in [-0.2, -0.15) is 4.98 Å². The number of benzene rings is 2. The fourth-order valence-electron chi connectivity index (χ4n) is 2.52. The van der Waals surface area contributed by atoms with Crippen molar-refractivity contribution in [1.29, 1.82) is 0 Å². The first kappa shape index (κ1) is 19.0. The summed E-state index contributed by atoms with van der Waals surface area (Å²) < 4.78 is 5.09. The molecule has 0 unspecified atom stereocenters. The lowest BCUT2D eigenvalue weighted by molar-refractivity contribution is 0.0527. The van der Waals surface area contributed by atoms with Gasteiger partial charge >= 0.3 is 5.97 Å². The normalized spacial score (nSPS) is 10.2. The number of para-hydroxylation sites is 1. The number of nitrogens with zero attached hydrogens (tertiary/aromatic N) is 2. The number of anilines is 4. The quantitative estimate of drug-likeness (QED) is 0.468. The van der Waals surface area contributed by atoms with Gasteiger partial charge in [0.05, 0.1) is 17.9 Å². The van der Waals surface area contributed by atoms with Crippen LogP contribution in [0.5, 0.6) is 0 Å². The van der Waals surface area contributed by atoms with E-state index in [0.717, 1.165) is 5.69 Å². The van der Waals surface area contributed by atoms with Gasteiger partial charge in [0.25, 0.3) is 0 Å². The Morgan fingerprint density at radius 3 is 2.46 bits per heavy atom. The second-order valence-electron chi connectivity index (χ2n) is 5.92. The molecule has 3 aromatic rings. The van der Waals surface area contributed by atoms with Gasteiger partial charge in [-0.3, -0.25) is 4.79 Å². The number of nitrogens with one attached hydrogen (secondary N) is 2. The fourth-order valence-corrected chi connectivity index (χ4v) is 2.52. The molecule has 0 aliphatic rings. The maximum atomic E-state index is 12.1. The van der Waals surface area contributed by atoms with Crippen molar-refractivity contribution in [1.82, 2.24) is 9.97 Å². The van der Waals surface area contributed by atoms with Crippen molar-refractivity contribution in [3.63, 3.8) is 0 Å². The molecule has 0 aliphatic carbocycles. The van der Waals surface area contributed by atoms with Crippen LogP contribution in [0, 0.1) is 0 Å². The number of Topliss-reactive ketones (excluding diaryl/α,β-unsaturated/α-hetero) is 1. The summed E-state index contributed by atoms with van der Waals surface area (Å²) in [5.74, 6) is 0.515. The number of rotatable bonds is 7. The van der Waals surface area contributed by atoms with Crippen molar-refractivity contribution < 1.29 is 14.3 Å². The first-order chi connectivity index (χ1) is 13.6. The largest absolute Gasteiger partial charge is 0.462 e. The number of ketones is 1. The number of ether oxygens (including phenoxy) is 1. The van der Waals surface area contributed by atoms with Crippen LogP contribution in [0.25, 0.3) is 0 Å². The first-order valence-corrected chi connectivity index (χ1v) is 8.81. The number of hydrogen-bond donors (Lipinski definition) is 2. The van der Waals surface area contributed by atoms with Crippen LogP contribution in [0.4, 0.5) is 23.1 Å². The Morgan fingerprint density at radius 1 is 1.00 bits per heavy atom. The molecule has 2 aromatic carbocycles. The van der Waals surface area contributed by atoms with Crippen molar-refractivity contribution in [2.24, 2.45) is 0 Å².